The Morgan fingerprint density at radius 2 is 1.75 bits per heavy atom. The maximum Gasteiger partial charge on any atom is 0.0598 e. The molecular weight excluding hydrogens is 383 g/mol. The van der Waals surface area contributed by atoms with Gasteiger partial charge in [-0.05, 0) is 65.4 Å². The van der Waals surface area contributed by atoms with Crippen LogP contribution in [0.5, 0.6) is 0 Å². The van der Waals surface area contributed by atoms with Crippen molar-refractivity contribution in [3.8, 4) is 0 Å². The van der Waals surface area contributed by atoms with Crippen LogP contribution in [0.3, 0.4) is 0 Å². The van der Waals surface area contributed by atoms with E-state index in [1.165, 1.54) is 9.13 Å². The van der Waals surface area contributed by atoms with E-state index in [2.05, 4.69) is 64.0 Å². The Hall–Kier alpha value is -0.940. The zero-order chi connectivity index (χ0) is 14.7. The molecule has 2 aromatic rings. The molecule has 0 fully saturated rings. The maximum absolute atomic E-state index is 6.11. The summed E-state index contributed by atoms with van der Waals surface area (Å²) in [6.45, 7) is 2.16. The maximum atomic E-state index is 6.11. The topological polar surface area (TPSA) is 15.3 Å². The van der Waals surface area contributed by atoms with Crippen molar-refractivity contribution >= 4 is 45.6 Å². The molecule has 2 rings (SSSR count). The van der Waals surface area contributed by atoms with Crippen LogP contribution in [0.15, 0.2) is 42.5 Å². The summed E-state index contributed by atoms with van der Waals surface area (Å²) in [6, 6.07) is 14.7. The molecule has 0 amide bonds. The van der Waals surface area contributed by atoms with Gasteiger partial charge in [0.25, 0.3) is 0 Å². The molecule has 0 saturated heterocycles. The number of benzene rings is 2. The van der Waals surface area contributed by atoms with Crippen LogP contribution in [-0.4, -0.2) is 14.1 Å². The van der Waals surface area contributed by atoms with E-state index < -0.39 is 0 Å². The predicted molar refractivity (Wildman–Crippen MR) is 97.0 cm³/mol. The van der Waals surface area contributed by atoms with Crippen LogP contribution in [0.2, 0.25) is 5.02 Å². The summed E-state index contributed by atoms with van der Waals surface area (Å²) in [6.07, 6.45) is 0. The van der Waals surface area contributed by atoms with Crippen molar-refractivity contribution in [2.24, 2.45) is 0 Å². The van der Waals surface area contributed by atoms with E-state index in [0.717, 1.165) is 16.4 Å². The SMILES string of the molecule is CC(Nc1cc(Cl)ccc1N(C)C)c1ccc(I)cc1. The smallest absolute Gasteiger partial charge is 0.0598 e. The van der Waals surface area contributed by atoms with Gasteiger partial charge in [0.1, 0.15) is 0 Å². The van der Waals surface area contributed by atoms with E-state index >= 15 is 0 Å². The molecule has 0 saturated carbocycles. The lowest BCUT2D eigenvalue weighted by Crippen LogP contribution is -2.14. The number of halogens is 2. The Bertz CT molecular complexity index is 582. The summed E-state index contributed by atoms with van der Waals surface area (Å²) in [5.41, 5.74) is 3.44. The summed E-state index contributed by atoms with van der Waals surface area (Å²) < 4.78 is 1.25. The quantitative estimate of drug-likeness (QED) is 0.711. The van der Waals surface area contributed by atoms with Gasteiger partial charge in [-0.25, -0.2) is 0 Å². The average molecular weight is 401 g/mol. The molecule has 20 heavy (non-hydrogen) atoms. The molecule has 0 aromatic heterocycles. The highest BCUT2D eigenvalue weighted by atomic mass is 127. The van der Waals surface area contributed by atoms with E-state index in [1.807, 2.05) is 32.3 Å². The van der Waals surface area contributed by atoms with Crippen LogP contribution < -0.4 is 10.2 Å². The van der Waals surface area contributed by atoms with Crippen LogP contribution in [0.4, 0.5) is 11.4 Å². The monoisotopic (exact) mass is 400 g/mol. The van der Waals surface area contributed by atoms with Crippen LogP contribution in [-0.2, 0) is 0 Å². The van der Waals surface area contributed by atoms with Gasteiger partial charge in [0, 0.05) is 28.7 Å². The van der Waals surface area contributed by atoms with Crippen LogP contribution in [0.25, 0.3) is 0 Å². The molecule has 1 N–H and O–H groups in total. The molecule has 0 aliphatic carbocycles. The van der Waals surface area contributed by atoms with Crippen molar-refractivity contribution in [3.63, 3.8) is 0 Å². The van der Waals surface area contributed by atoms with Gasteiger partial charge in [-0.15, -0.1) is 0 Å². The summed E-state index contributed by atoms with van der Waals surface area (Å²) in [7, 11) is 4.06. The summed E-state index contributed by atoms with van der Waals surface area (Å²) in [4.78, 5) is 2.08. The second kappa shape index (κ2) is 6.68. The first kappa shape index (κ1) is 15.4. The zero-order valence-corrected chi connectivity index (χ0v) is 14.7. The van der Waals surface area contributed by atoms with Crippen molar-refractivity contribution in [3.05, 3.63) is 56.6 Å². The second-order valence-corrected chi connectivity index (χ2v) is 6.66. The molecular formula is C16H18ClIN2. The summed E-state index contributed by atoms with van der Waals surface area (Å²) in [5.74, 6) is 0. The number of hydrogen-bond donors (Lipinski definition) is 1. The molecule has 4 heteroatoms. The van der Waals surface area contributed by atoms with Gasteiger partial charge in [-0.2, -0.15) is 0 Å². The third-order valence-electron chi connectivity index (χ3n) is 3.18. The van der Waals surface area contributed by atoms with Crippen molar-refractivity contribution in [1.82, 2.24) is 0 Å². The van der Waals surface area contributed by atoms with Gasteiger partial charge in [-0.3, -0.25) is 0 Å². The normalized spacial score (nSPS) is 12.1. The predicted octanol–water partition coefficient (Wildman–Crippen LogP) is 5.18. The zero-order valence-electron chi connectivity index (χ0n) is 11.8. The van der Waals surface area contributed by atoms with Crippen molar-refractivity contribution in [1.29, 1.82) is 0 Å². The molecule has 0 heterocycles. The van der Waals surface area contributed by atoms with Gasteiger partial charge in [0.05, 0.1) is 11.4 Å². The number of anilines is 2. The first-order valence-electron chi connectivity index (χ1n) is 6.46. The number of nitrogens with zero attached hydrogens (tertiary/aromatic N) is 1. The highest BCUT2D eigenvalue weighted by molar-refractivity contribution is 14.1. The van der Waals surface area contributed by atoms with Gasteiger partial charge in [-0.1, -0.05) is 23.7 Å². The number of rotatable bonds is 4. The highest BCUT2D eigenvalue weighted by Gasteiger charge is 2.10. The first-order chi connectivity index (χ1) is 9.47. The minimum atomic E-state index is 0.226. The largest absolute Gasteiger partial charge is 0.377 e. The molecule has 0 bridgehead atoms. The van der Waals surface area contributed by atoms with Gasteiger partial charge in [0.15, 0.2) is 0 Å². The lowest BCUT2D eigenvalue weighted by molar-refractivity contribution is 0.882. The van der Waals surface area contributed by atoms with Crippen molar-refractivity contribution in [2.45, 2.75) is 13.0 Å². The minimum Gasteiger partial charge on any atom is -0.377 e. The molecule has 2 aromatic carbocycles. The first-order valence-corrected chi connectivity index (χ1v) is 7.92. The molecule has 0 spiro atoms. The summed E-state index contributed by atoms with van der Waals surface area (Å²) >= 11 is 8.43. The molecule has 0 aliphatic rings. The number of hydrogen-bond acceptors (Lipinski definition) is 2. The molecule has 0 aliphatic heterocycles. The van der Waals surface area contributed by atoms with Crippen molar-refractivity contribution in [2.75, 3.05) is 24.3 Å². The van der Waals surface area contributed by atoms with Crippen molar-refractivity contribution < 1.29 is 0 Å². The van der Waals surface area contributed by atoms with Gasteiger partial charge in [0.2, 0.25) is 0 Å². The lowest BCUT2D eigenvalue weighted by atomic mass is 10.1. The highest BCUT2D eigenvalue weighted by Crippen LogP contribution is 2.31. The molecule has 1 atom stereocenters. The van der Waals surface area contributed by atoms with E-state index in [-0.39, 0.29) is 6.04 Å². The van der Waals surface area contributed by atoms with E-state index in [1.54, 1.807) is 0 Å². The van der Waals surface area contributed by atoms with Crippen LogP contribution in [0.1, 0.15) is 18.5 Å². The van der Waals surface area contributed by atoms with Crippen LogP contribution in [0, 0.1) is 3.57 Å². The van der Waals surface area contributed by atoms with E-state index in [9.17, 15) is 0 Å². The third-order valence-corrected chi connectivity index (χ3v) is 4.14. The molecule has 106 valence electrons. The standard InChI is InChI=1S/C16H18ClIN2/c1-11(12-4-7-14(18)8-5-12)19-15-10-13(17)6-9-16(15)20(2)3/h4-11,19H,1-3H3. The summed E-state index contributed by atoms with van der Waals surface area (Å²) in [5, 5.41) is 4.28. The van der Waals surface area contributed by atoms with Gasteiger partial charge >= 0.3 is 0 Å². The Labute approximate surface area is 139 Å². The Morgan fingerprint density at radius 1 is 1.10 bits per heavy atom. The molecule has 0 radical (unpaired) electrons. The fraction of sp³-hybridized carbons (Fsp3) is 0.250. The Morgan fingerprint density at radius 3 is 2.35 bits per heavy atom. The third kappa shape index (κ3) is 3.79. The molecule has 1 unspecified atom stereocenters. The fourth-order valence-corrected chi connectivity index (χ4v) is 2.61. The fourth-order valence-electron chi connectivity index (χ4n) is 2.08. The Kier molecular flexibility index (Phi) is 5.16. The van der Waals surface area contributed by atoms with E-state index in [0.29, 0.717) is 0 Å². The number of nitrogens with one attached hydrogen (secondary N) is 1. The van der Waals surface area contributed by atoms with E-state index in [4.69, 9.17) is 11.6 Å². The average Bonchev–Trinajstić information content (AvgIpc) is 2.39. The Balaban J connectivity index is 2.24. The van der Waals surface area contributed by atoms with Crippen LogP contribution >= 0.6 is 34.2 Å². The molecule has 2 nitrogen and oxygen atoms in total. The van der Waals surface area contributed by atoms with Gasteiger partial charge < -0.3 is 10.2 Å². The second-order valence-electron chi connectivity index (χ2n) is 4.97. The minimum absolute atomic E-state index is 0.226. The lowest BCUT2D eigenvalue weighted by Gasteiger charge is -2.22.